The Balaban J connectivity index is 2.01. The van der Waals surface area contributed by atoms with Crippen LogP contribution in [0.15, 0.2) is 18.5 Å². The van der Waals surface area contributed by atoms with E-state index in [0.29, 0.717) is 18.7 Å². The first-order chi connectivity index (χ1) is 9.59. The van der Waals surface area contributed by atoms with Crippen LogP contribution in [-0.2, 0) is 6.42 Å². The van der Waals surface area contributed by atoms with Gasteiger partial charge >= 0.3 is 0 Å². The van der Waals surface area contributed by atoms with Crippen molar-refractivity contribution in [1.29, 1.82) is 0 Å². The number of nitro benzene ring substituents is 1. The minimum Gasteiger partial charge on any atom is -0.377 e. The van der Waals surface area contributed by atoms with Gasteiger partial charge < -0.3 is 5.32 Å². The summed E-state index contributed by atoms with van der Waals surface area (Å²) in [5.74, 6) is -1.73. The summed E-state index contributed by atoms with van der Waals surface area (Å²) in [5.41, 5.74) is -0.934. The second kappa shape index (κ2) is 6.04. The molecule has 1 heterocycles. The molecule has 1 aromatic heterocycles. The monoisotopic (exact) mass is 283 g/mol. The number of hydrogen-bond acceptors (Lipinski definition) is 5. The fraction of sp³-hybridized carbons (Fsp3) is 0.273. The summed E-state index contributed by atoms with van der Waals surface area (Å²) in [4.78, 5) is 13.9. The second-order valence-corrected chi connectivity index (χ2v) is 3.98. The maximum atomic E-state index is 13.6. The van der Waals surface area contributed by atoms with Crippen LogP contribution in [0, 0.1) is 21.7 Å². The Morgan fingerprint density at radius 2 is 2.20 bits per heavy atom. The number of benzene rings is 1. The maximum Gasteiger partial charge on any atom is 0.295 e. The van der Waals surface area contributed by atoms with E-state index in [-0.39, 0.29) is 6.54 Å². The molecule has 9 heteroatoms. The minimum atomic E-state index is -1.25. The van der Waals surface area contributed by atoms with Crippen LogP contribution in [0.3, 0.4) is 0 Å². The number of nitrogens with one attached hydrogen (secondary N) is 2. The van der Waals surface area contributed by atoms with Gasteiger partial charge in [-0.05, 0) is 12.5 Å². The summed E-state index contributed by atoms with van der Waals surface area (Å²) in [5, 5.41) is 19.6. The van der Waals surface area contributed by atoms with Crippen molar-refractivity contribution in [1.82, 2.24) is 15.2 Å². The van der Waals surface area contributed by atoms with Crippen LogP contribution in [0.25, 0.3) is 0 Å². The third kappa shape index (κ3) is 3.05. The fourth-order valence-electron chi connectivity index (χ4n) is 1.68. The molecule has 20 heavy (non-hydrogen) atoms. The van der Waals surface area contributed by atoms with Gasteiger partial charge in [0.25, 0.3) is 5.69 Å². The van der Waals surface area contributed by atoms with Crippen molar-refractivity contribution in [3.05, 3.63) is 46.0 Å². The molecule has 106 valence electrons. The van der Waals surface area contributed by atoms with Crippen LogP contribution in [-0.4, -0.2) is 26.6 Å². The Morgan fingerprint density at radius 3 is 2.85 bits per heavy atom. The summed E-state index contributed by atoms with van der Waals surface area (Å²) >= 11 is 0. The van der Waals surface area contributed by atoms with Gasteiger partial charge in [0.05, 0.1) is 4.92 Å². The average Bonchev–Trinajstić information content (AvgIpc) is 2.92. The predicted octanol–water partition coefficient (Wildman–Crippen LogP) is 2.04. The van der Waals surface area contributed by atoms with Crippen molar-refractivity contribution in [3.8, 4) is 0 Å². The van der Waals surface area contributed by atoms with Crippen LogP contribution in [0.4, 0.5) is 20.2 Å². The first kappa shape index (κ1) is 13.8. The van der Waals surface area contributed by atoms with E-state index in [1.54, 1.807) is 0 Å². The first-order valence-corrected chi connectivity index (χ1v) is 5.80. The zero-order chi connectivity index (χ0) is 14.5. The third-order valence-electron chi connectivity index (χ3n) is 2.63. The van der Waals surface area contributed by atoms with Gasteiger partial charge in [-0.25, -0.2) is 13.8 Å². The SMILES string of the molecule is O=[N+]([O-])c1ccc(F)c(F)c1NCCCc1ncn[nH]1. The Morgan fingerprint density at radius 1 is 1.40 bits per heavy atom. The number of H-pyrrole nitrogens is 1. The first-order valence-electron chi connectivity index (χ1n) is 5.80. The number of anilines is 1. The van der Waals surface area contributed by atoms with Gasteiger partial charge in [0.1, 0.15) is 12.2 Å². The number of aromatic amines is 1. The number of hydrogen-bond donors (Lipinski definition) is 2. The molecule has 0 spiro atoms. The highest BCUT2D eigenvalue weighted by atomic mass is 19.2. The molecular formula is C11H11F2N5O2. The molecule has 2 N–H and O–H groups in total. The largest absolute Gasteiger partial charge is 0.377 e. The number of aryl methyl sites for hydroxylation is 1. The molecule has 0 atom stereocenters. The van der Waals surface area contributed by atoms with E-state index in [0.717, 1.165) is 12.1 Å². The van der Waals surface area contributed by atoms with Gasteiger partial charge in [0.15, 0.2) is 17.3 Å². The number of nitrogens with zero attached hydrogens (tertiary/aromatic N) is 3. The van der Waals surface area contributed by atoms with E-state index < -0.39 is 27.9 Å². The van der Waals surface area contributed by atoms with Gasteiger partial charge in [0.2, 0.25) is 0 Å². The second-order valence-electron chi connectivity index (χ2n) is 3.98. The summed E-state index contributed by atoms with van der Waals surface area (Å²) < 4.78 is 26.6. The van der Waals surface area contributed by atoms with Crippen molar-refractivity contribution in [2.75, 3.05) is 11.9 Å². The Labute approximate surface area is 112 Å². The third-order valence-corrected chi connectivity index (χ3v) is 2.63. The number of nitro groups is 1. The Kier molecular flexibility index (Phi) is 4.18. The molecule has 0 saturated heterocycles. The van der Waals surface area contributed by atoms with E-state index >= 15 is 0 Å². The smallest absolute Gasteiger partial charge is 0.295 e. The van der Waals surface area contributed by atoms with Crippen molar-refractivity contribution in [3.63, 3.8) is 0 Å². The molecular weight excluding hydrogens is 272 g/mol. The highest BCUT2D eigenvalue weighted by Crippen LogP contribution is 2.28. The van der Waals surface area contributed by atoms with E-state index in [4.69, 9.17) is 0 Å². The summed E-state index contributed by atoms with van der Waals surface area (Å²) in [7, 11) is 0. The molecule has 0 bridgehead atoms. The summed E-state index contributed by atoms with van der Waals surface area (Å²) in [6, 6.07) is 1.66. The van der Waals surface area contributed by atoms with Crippen molar-refractivity contribution in [2.24, 2.45) is 0 Å². The lowest BCUT2D eigenvalue weighted by Crippen LogP contribution is -2.08. The van der Waals surface area contributed by atoms with Crippen LogP contribution >= 0.6 is 0 Å². The van der Waals surface area contributed by atoms with E-state index in [9.17, 15) is 18.9 Å². The normalized spacial score (nSPS) is 10.5. The van der Waals surface area contributed by atoms with E-state index in [2.05, 4.69) is 20.5 Å². The van der Waals surface area contributed by atoms with E-state index in [1.165, 1.54) is 6.33 Å². The number of rotatable bonds is 6. The molecule has 0 unspecified atom stereocenters. The van der Waals surface area contributed by atoms with Crippen LogP contribution in [0.5, 0.6) is 0 Å². The van der Waals surface area contributed by atoms with Crippen molar-refractivity contribution in [2.45, 2.75) is 12.8 Å². The van der Waals surface area contributed by atoms with Gasteiger partial charge in [-0.2, -0.15) is 5.10 Å². The lowest BCUT2D eigenvalue weighted by Gasteiger charge is -2.08. The van der Waals surface area contributed by atoms with E-state index in [1.807, 2.05) is 0 Å². The molecule has 2 rings (SSSR count). The van der Waals surface area contributed by atoms with Crippen LogP contribution in [0.1, 0.15) is 12.2 Å². The molecule has 0 aliphatic heterocycles. The topological polar surface area (TPSA) is 96.7 Å². The van der Waals surface area contributed by atoms with Gasteiger partial charge in [0, 0.05) is 19.0 Å². The Bertz CT molecular complexity index is 603. The molecule has 7 nitrogen and oxygen atoms in total. The predicted molar refractivity (Wildman–Crippen MR) is 66.2 cm³/mol. The standard InChI is InChI=1S/C11H11F2N5O2/c12-7-3-4-8(18(19)20)11(10(7)13)14-5-1-2-9-15-6-16-17-9/h3-4,6,14H,1-2,5H2,(H,15,16,17). The zero-order valence-corrected chi connectivity index (χ0v) is 10.3. The average molecular weight is 283 g/mol. The highest BCUT2D eigenvalue weighted by Gasteiger charge is 2.20. The molecule has 1 aromatic carbocycles. The quantitative estimate of drug-likeness (QED) is 0.480. The summed E-state index contributed by atoms with van der Waals surface area (Å²) in [6.45, 7) is 0.238. The lowest BCUT2D eigenvalue weighted by molar-refractivity contribution is -0.384. The molecule has 0 amide bonds. The maximum absolute atomic E-state index is 13.6. The van der Waals surface area contributed by atoms with Gasteiger partial charge in [-0.3, -0.25) is 15.2 Å². The number of aromatic nitrogens is 3. The van der Waals surface area contributed by atoms with Crippen LogP contribution < -0.4 is 5.32 Å². The number of halogens is 2. The molecule has 0 radical (unpaired) electrons. The van der Waals surface area contributed by atoms with Crippen molar-refractivity contribution < 1.29 is 13.7 Å². The van der Waals surface area contributed by atoms with Gasteiger partial charge in [-0.15, -0.1) is 0 Å². The molecule has 2 aromatic rings. The summed E-state index contributed by atoms with van der Waals surface area (Å²) in [6.07, 6.45) is 2.43. The van der Waals surface area contributed by atoms with Gasteiger partial charge in [-0.1, -0.05) is 0 Å². The fourth-order valence-corrected chi connectivity index (χ4v) is 1.68. The van der Waals surface area contributed by atoms with Crippen LogP contribution in [0.2, 0.25) is 0 Å². The molecule has 0 fully saturated rings. The molecule has 0 aliphatic carbocycles. The highest BCUT2D eigenvalue weighted by molar-refractivity contribution is 5.62. The molecule has 0 saturated carbocycles. The lowest BCUT2D eigenvalue weighted by atomic mass is 10.2. The van der Waals surface area contributed by atoms with Crippen molar-refractivity contribution >= 4 is 11.4 Å². The minimum absolute atomic E-state index is 0.238. The molecule has 0 aliphatic rings. The Hall–Kier alpha value is -2.58. The zero-order valence-electron chi connectivity index (χ0n) is 10.3.